The van der Waals surface area contributed by atoms with Crippen LogP contribution in [0.5, 0.6) is 0 Å². The Morgan fingerprint density at radius 1 is 1.26 bits per heavy atom. The van der Waals surface area contributed by atoms with Crippen molar-refractivity contribution < 1.29 is 22.6 Å². The Hall–Kier alpha value is -2.96. The van der Waals surface area contributed by atoms with Crippen molar-refractivity contribution in [3.8, 4) is 0 Å². The summed E-state index contributed by atoms with van der Waals surface area (Å²) < 4.78 is 31.9. The molecule has 0 aromatic carbocycles. The minimum atomic E-state index is -3.80. The van der Waals surface area contributed by atoms with Crippen molar-refractivity contribution in [2.45, 2.75) is 52.2 Å². The van der Waals surface area contributed by atoms with Crippen LogP contribution in [0.3, 0.4) is 0 Å². The van der Waals surface area contributed by atoms with Crippen LogP contribution in [0.25, 0.3) is 0 Å². The first kappa shape index (κ1) is 23.8. The van der Waals surface area contributed by atoms with Gasteiger partial charge >= 0.3 is 11.9 Å². The molecular weight excluding hydrogens is 488 g/mol. The van der Waals surface area contributed by atoms with Crippen LogP contribution in [0.2, 0.25) is 0 Å². The van der Waals surface area contributed by atoms with E-state index in [1.165, 1.54) is 28.4 Å². The van der Waals surface area contributed by atoms with Gasteiger partial charge < -0.3 is 0 Å². The number of allylic oxidation sites excluding steroid dienone is 2. The Balaban J connectivity index is 1.56. The highest BCUT2D eigenvalue weighted by Crippen LogP contribution is 2.36. The van der Waals surface area contributed by atoms with Crippen LogP contribution in [0.15, 0.2) is 35.5 Å². The summed E-state index contributed by atoms with van der Waals surface area (Å²) in [6.45, 7) is 5.94. The zero-order valence-corrected chi connectivity index (χ0v) is 21.6. The van der Waals surface area contributed by atoms with Gasteiger partial charge in [0.05, 0.1) is 26.7 Å². The molecule has 12 heteroatoms. The van der Waals surface area contributed by atoms with Gasteiger partial charge in [0, 0.05) is 24.3 Å². The molecule has 0 radical (unpaired) electrons. The van der Waals surface area contributed by atoms with Gasteiger partial charge in [-0.1, -0.05) is 0 Å². The van der Waals surface area contributed by atoms with Gasteiger partial charge in [-0.15, -0.1) is 11.3 Å². The number of rotatable bonds is 7. The third-order valence-electron chi connectivity index (χ3n) is 6.46. The summed E-state index contributed by atoms with van der Waals surface area (Å²) in [6, 6.07) is -0.455. The third kappa shape index (κ3) is 4.53. The summed E-state index contributed by atoms with van der Waals surface area (Å²) in [5.74, 6) is -1.36. The number of hydrogen-bond acceptors (Lipinski definition) is 7. The summed E-state index contributed by atoms with van der Waals surface area (Å²) in [5, 5.41) is 5.02. The molecule has 0 spiro atoms. The summed E-state index contributed by atoms with van der Waals surface area (Å²) >= 11 is 1.50. The van der Waals surface area contributed by atoms with E-state index in [4.69, 9.17) is 0 Å². The lowest BCUT2D eigenvalue weighted by Crippen LogP contribution is -2.54. The van der Waals surface area contributed by atoms with Crippen molar-refractivity contribution in [3.63, 3.8) is 0 Å². The highest BCUT2D eigenvalue weighted by atomic mass is 32.2. The molecule has 10 nitrogen and oxygen atoms in total. The maximum absolute atomic E-state index is 13.6. The first-order valence-electron chi connectivity index (χ1n) is 11.3. The van der Waals surface area contributed by atoms with Gasteiger partial charge in [-0.3, -0.25) is 4.68 Å². The van der Waals surface area contributed by atoms with Crippen molar-refractivity contribution in [2.24, 2.45) is 13.0 Å². The standard InChI is InChI=1S/C23H27N6O4S2/c1-14-20(34-15(2)25-14)13-28-19-6-5-17(35(32,33)26-23(3)7-8-23)9-18(19)21(30)29(22(28)31)12-16-10-24-27(4)11-16/h5-6,9-11,18,26H,7-8,12-13H2,1-4H3/q+1. The molecular formula is C23H27N6O4S2+. The summed E-state index contributed by atoms with van der Waals surface area (Å²) in [6.07, 6.45) is 9.40. The van der Waals surface area contributed by atoms with Gasteiger partial charge in [0.25, 0.3) is 0 Å². The Morgan fingerprint density at radius 3 is 2.60 bits per heavy atom. The number of imide groups is 1. The molecule has 1 unspecified atom stereocenters. The zero-order chi connectivity index (χ0) is 25.1. The lowest BCUT2D eigenvalue weighted by Gasteiger charge is -2.27. The molecule has 5 rings (SSSR count). The van der Waals surface area contributed by atoms with E-state index in [1.54, 1.807) is 34.8 Å². The molecule has 184 valence electrons. The van der Waals surface area contributed by atoms with Gasteiger partial charge in [0.15, 0.2) is 0 Å². The Morgan fingerprint density at radius 2 is 2.00 bits per heavy atom. The van der Waals surface area contributed by atoms with Crippen LogP contribution in [0.4, 0.5) is 4.79 Å². The average molecular weight is 516 g/mol. The van der Waals surface area contributed by atoms with Crippen LogP contribution < -0.4 is 4.72 Å². The molecule has 0 saturated heterocycles. The molecule has 2 aliphatic carbocycles. The molecule has 2 aromatic heterocycles. The second-order valence-electron chi connectivity index (χ2n) is 9.53. The minimum Gasteiger partial charge on any atom is -0.275 e. The van der Waals surface area contributed by atoms with Crippen molar-refractivity contribution in [2.75, 3.05) is 0 Å². The summed E-state index contributed by atoms with van der Waals surface area (Å²) in [7, 11) is -2.04. The van der Waals surface area contributed by atoms with E-state index in [0.717, 1.165) is 28.4 Å². The van der Waals surface area contributed by atoms with Crippen LogP contribution >= 0.6 is 11.3 Å². The van der Waals surface area contributed by atoms with E-state index in [2.05, 4.69) is 14.8 Å². The van der Waals surface area contributed by atoms with Crippen LogP contribution in [0, 0.1) is 19.8 Å². The quantitative estimate of drug-likeness (QED) is 0.565. The largest absolute Gasteiger partial charge is 0.501 e. The van der Waals surface area contributed by atoms with Crippen molar-refractivity contribution >= 4 is 39.0 Å². The van der Waals surface area contributed by atoms with E-state index in [0.29, 0.717) is 11.3 Å². The SMILES string of the molecule is Cc1nc(C)c(C[N+]2=C3C=CC(S(=O)(=O)NC4(C)CC4)=CC3C(=O)N(Cc3cnn(C)c3)C2=O)s1. The predicted octanol–water partition coefficient (Wildman–Crippen LogP) is 2.15. The molecule has 3 aliphatic rings. The number of nitrogens with zero attached hydrogens (tertiary/aromatic N) is 5. The Kier molecular flexibility index (Phi) is 5.65. The normalized spacial score (nSPS) is 21.4. The van der Waals surface area contributed by atoms with Gasteiger partial charge in [-0.2, -0.15) is 19.4 Å². The molecule has 3 amide bonds. The van der Waals surface area contributed by atoms with E-state index >= 15 is 0 Å². The van der Waals surface area contributed by atoms with E-state index < -0.39 is 33.4 Å². The van der Waals surface area contributed by atoms with E-state index in [1.807, 2.05) is 20.8 Å². The number of thiazole rings is 1. The number of aryl methyl sites for hydroxylation is 3. The molecule has 1 N–H and O–H groups in total. The topological polar surface area (TPSA) is 117 Å². The number of carbonyl (C=O) groups excluding carboxylic acids is 2. The van der Waals surface area contributed by atoms with Crippen LogP contribution in [-0.4, -0.2) is 55.8 Å². The second-order valence-corrected chi connectivity index (χ2v) is 12.5. The highest BCUT2D eigenvalue weighted by Gasteiger charge is 2.49. The molecule has 2 aromatic rings. The molecule has 0 bridgehead atoms. The highest BCUT2D eigenvalue weighted by molar-refractivity contribution is 7.93. The number of amides is 3. The van der Waals surface area contributed by atoms with Crippen LogP contribution in [-0.2, 0) is 35.0 Å². The summed E-state index contributed by atoms with van der Waals surface area (Å²) in [5.41, 5.74) is 1.55. The van der Waals surface area contributed by atoms with E-state index in [9.17, 15) is 18.0 Å². The third-order valence-corrected chi connectivity index (χ3v) is 9.18. The number of fused-ring (bicyclic) bond motifs is 1. The Labute approximate surface area is 207 Å². The molecule has 1 saturated carbocycles. The van der Waals surface area contributed by atoms with Gasteiger partial charge in [-0.25, -0.2) is 22.9 Å². The number of urea groups is 1. The fourth-order valence-corrected chi connectivity index (χ4v) is 6.77. The molecule has 1 atom stereocenters. The van der Waals surface area contributed by atoms with Crippen LogP contribution in [0.1, 0.15) is 40.9 Å². The number of hydrogen-bond donors (Lipinski definition) is 1. The number of nitrogens with one attached hydrogen (secondary N) is 1. The zero-order valence-electron chi connectivity index (χ0n) is 20.0. The fourth-order valence-electron chi connectivity index (χ4n) is 4.31. The molecule has 35 heavy (non-hydrogen) atoms. The van der Waals surface area contributed by atoms with Gasteiger partial charge in [-0.05, 0) is 51.8 Å². The molecule has 1 aliphatic heterocycles. The smallest absolute Gasteiger partial charge is 0.275 e. The lowest BCUT2D eigenvalue weighted by molar-refractivity contribution is -0.456. The summed E-state index contributed by atoms with van der Waals surface area (Å²) in [4.78, 5) is 33.7. The molecule has 1 fully saturated rings. The minimum absolute atomic E-state index is 0.0353. The average Bonchev–Trinajstić information content (AvgIpc) is 3.20. The Bertz CT molecular complexity index is 1440. The predicted molar refractivity (Wildman–Crippen MR) is 130 cm³/mol. The second kappa shape index (κ2) is 8.32. The first-order chi connectivity index (χ1) is 16.5. The van der Waals surface area contributed by atoms with Crippen molar-refractivity contribution in [1.82, 2.24) is 24.4 Å². The fraction of sp³-hybridized carbons (Fsp3) is 0.435. The monoisotopic (exact) mass is 515 g/mol. The van der Waals surface area contributed by atoms with Crippen molar-refractivity contribution in [3.05, 3.63) is 56.7 Å². The lowest BCUT2D eigenvalue weighted by atomic mass is 9.94. The van der Waals surface area contributed by atoms with E-state index in [-0.39, 0.29) is 18.0 Å². The number of sulfonamides is 1. The maximum atomic E-state index is 13.6. The first-order valence-corrected chi connectivity index (χ1v) is 13.6. The van der Waals surface area contributed by atoms with Gasteiger partial charge in [0.1, 0.15) is 24.7 Å². The number of aromatic nitrogens is 3. The van der Waals surface area contributed by atoms with Gasteiger partial charge in [0.2, 0.25) is 10.0 Å². The maximum Gasteiger partial charge on any atom is 0.501 e. The number of carbonyl (C=O) groups is 2. The molecule has 3 heterocycles. The van der Waals surface area contributed by atoms with Crippen molar-refractivity contribution in [1.29, 1.82) is 0 Å².